The van der Waals surface area contributed by atoms with Gasteiger partial charge in [-0.2, -0.15) is 5.10 Å². The Balaban J connectivity index is 2.50. The van der Waals surface area contributed by atoms with Crippen LogP contribution >= 0.6 is 11.6 Å². The Morgan fingerprint density at radius 3 is 2.69 bits per heavy atom. The molecule has 16 heavy (non-hydrogen) atoms. The van der Waals surface area contributed by atoms with Crippen molar-refractivity contribution in [1.82, 2.24) is 14.8 Å². The zero-order valence-corrected chi connectivity index (χ0v) is 9.99. The summed E-state index contributed by atoms with van der Waals surface area (Å²) in [4.78, 5) is 4.39. The SMILES string of the molecule is Cc1cc(CN)cc(-n2cc(Cl)c(C)n2)n1. The molecule has 0 radical (unpaired) electrons. The second-order valence-corrected chi connectivity index (χ2v) is 4.09. The van der Waals surface area contributed by atoms with E-state index >= 15 is 0 Å². The Hall–Kier alpha value is -1.39. The summed E-state index contributed by atoms with van der Waals surface area (Å²) in [5, 5.41) is 4.92. The maximum Gasteiger partial charge on any atom is 0.153 e. The van der Waals surface area contributed by atoms with Gasteiger partial charge < -0.3 is 5.73 Å². The lowest BCUT2D eigenvalue weighted by atomic mass is 10.2. The molecule has 0 bridgehead atoms. The highest BCUT2D eigenvalue weighted by molar-refractivity contribution is 6.31. The number of nitrogens with two attached hydrogens (primary N) is 1. The summed E-state index contributed by atoms with van der Waals surface area (Å²) in [6.07, 6.45) is 1.75. The van der Waals surface area contributed by atoms with Crippen molar-refractivity contribution < 1.29 is 0 Å². The summed E-state index contributed by atoms with van der Waals surface area (Å²) >= 11 is 5.96. The molecule has 2 aromatic heterocycles. The number of pyridine rings is 1. The molecule has 0 aliphatic heterocycles. The van der Waals surface area contributed by atoms with Crippen molar-refractivity contribution in [3.63, 3.8) is 0 Å². The Kier molecular flexibility index (Phi) is 2.94. The molecule has 4 nitrogen and oxygen atoms in total. The van der Waals surface area contributed by atoms with E-state index < -0.39 is 0 Å². The van der Waals surface area contributed by atoms with E-state index in [1.807, 2.05) is 26.0 Å². The van der Waals surface area contributed by atoms with Crippen molar-refractivity contribution >= 4 is 11.6 Å². The van der Waals surface area contributed by atoms with Gasteiger partial charge in [-0.05, 0) is 31.5 Å². The number of hydrogen-bond donors (Lipinski definition) is 1. The predicted molar refractivity (Wildman–Crippen MR) is 63.7 cm³/mol. The average Bonchev–Trinajstić information content (AvgIpc) is 2.58. The Morgan fingerprint density at radius 1 is 1.38 bits per heavy atom. The normalized spacial score (nSPS) is 10.8. The minimum Gasteiger partial charge on any atom is -0.326 e. The van der Waals surface area contributed by atoms with Crippen LogP contribution in [0.2, 0.25) is 5.02 Å². The second-order valence-electron chi connectivity index (χ2n) is 3.69. The second kappa shape index (κ2) is 4.23. The topological polar surface area (TPSA) is 56.7 Å². The van der Waals surface area contributed by atoms with E-state index in [4.69, 9.17) is 17.3 Å². The third-order valence-corrected chi connectivity index (χ3v) is 2.68. The molecule has 0 aliphatic rings. The molecule has 0 unspecified atom stereocenters. The molecule has 84 valence electrons. The molecule has 2 N–H and O–H groups in total. The van der Waals surface area contributed by atoms with Gasteiger partial charge in [0.05, 0.1) is 16.9 Å². The van der Waals surface area contributed by atoms with Crippen LogP contribution in [0.5, 0.6) is 0 Å². The van der Waals surface area contributed by atoms with Crippen molar-refractivity contribution in [3.05, 3.63) is 40.3 Å². The minimum absolute atomic E-state index is 0.490. The fraction of sp³-hybridized carbons (Fsp3) is 0.273. The van der Waals surface area contributed by atoms with Crippen LogP contribution in [0.4, 0.5) is 0 Å². The highest BCUT2D eigenvalue weighted by atomic mass is 35.5. The van der Waals surface area contributed by atoms with Gasteiger partial charge in [-0.3, -0.25) is 0 Å². The lowest BCUT2D eigenvalue weighted by Gasteiger charge is -2.04. The summed E-state index contributed by atoms with van der Waals surface area (Å²) in [6.45, 7) is 4.28. The molecule has 0 saturated heterocycles. The van der Waals surface area contributed by atoms with E-state index in [0.29, 0.717) is 11.6 Å². The Bertz CT molecular complexity index is 499. The fourth-order valence-corrected chi connectivity index (χ4v) is 1.64. The van der Waals surface area contributed by atoms with Crippen LogP contribution in [0.15, 0.2) is 18.3 Å². The first-order valence-corrected chi connectivity index (χ1v) is 5.37. The maximum atomic E-state index is 5.96. The number of aromatic nitrogens is 3. The molecule has 2 rings (SSSR count). The fourth-order valence-electron chi connectivity index (χ4n) is 1.51. The molecular formula is C11H13ClN4. The molecule has 0 fully saturated rings. The molecule has 0 saturated carbocycles. The molecule has 0 amide bonds. The minimum atomic E-state index is 0.490. The van der Waals surface area contributed by atoms with E-state index in [1.54, 1.807) is 10.9 Å². The van der Waals surface area contributed by atoms with Crippen molar-refractivity contribution in [2.45, 2.75) is 20.4 Å². The van der Waals surface area contributed by atoms with Gasteiger partial charge in [-0.25, -0.2) is 9.67 Å². The summed E-state index contributed by atoms with van der Waals surface area (Å²) in [7, 11) is 0. The maximum absolute atomic E-state index is 5.96. The van der Waals surface area contributed by atoms with Crippen molar-refractivity contribution in [2.75, 3.05) is 0 Å². The van der Waals surface area contributed by atoms with Gasteiger partial charge in [0.15, 0.2) is 5.82 Å². The number of nitrogens with zero attached hydrogens (tertiary/aromatic N) is 3. The van der Waals surface area contributed by atoms with Gasteiger partial charge in [0.25, 0.3) is 0 Å². The number of halogens is 1. The van der Waals surface area contributed by atoms with E-state index in [2.05, 4.69) is 10.1 Å². The van der Waals surface area contributed by atoms with Gasteiger partial charge in [-0.15, -0.1) is 0 Å². The quantitative estimate of drug-likeness (QED) is 0.868. The summed E-state index contributed by atoms with van der Waals surface area (Å²) in [5.74, 6) is 0.746. The molecule has 2 aromatic rings. The van der Waals surface area contributed by atoms with Crippen LogP contribution in [0.3, 0.4) is 0 Å². The summed E-state index contributed by atoms with van der Waals surface area (Å²) < 4.78 is 1.67. The predicted octanol–water partition coefficient (Wildman–Crippen LogP) is 2.00. The van der Waals surface area contributed by atoms with Crippen molar-refractivity contribution in [1.29, 1.82) is 0 Å². The van der Waals surface area contributed by atoms with Gasteiger partial charge >= 0.3 is 0 Å². The van der Waals surface area contributed by atoms with Crippen LogP contribution < -0.4 is 5.73 Å². The van der Waals surface area contributed by atoms with Crippen LogP contribution in [0, 0.1) is 13.8 Å². The first-order valence-electron chi connectivity index (χ1n) is 5.00. The van der Waals surface area contributed by atoms with Crippen LogP contribution in [-0.4, -0.2) is 14.8 Å². The lowest BCUT2D eigenvalue weighted by Crippen LogP contribution is -2.04. The molecular weight excluding hydrogens is 224 g/mol. The van der Waals surface area contributed by atoms with Crippen LogP contribution in [0.25, 0.3) is 5.82 Å². The number of hydrogen-bond acceptors (Lipinski definition) is 3. The third kappa shape index (κ3) is 2.08. The standard InChI is InChI=1S/C11H13ClN4/c1-7-3-9(5-13)4-11(14-7)16-6-10(12)8(2)15-16/h3-4,6H,5,13H2,1-2H3. The first-order chi connectivity index (χ1) is 7.60. The van der Waals surface area contributed by atoms with Gasteiger partial charge in [0, 0.05) is 12.2 Å². The third-order valence-electron chi connectivity index (χ3n) is 2.31. The Morgan fingerprint density at radius 2 is 2.12 bits per heavy atom. The molecule has 5 heteroatoms. The molecule has 0 aliphatic carbocycles. The van der Waals surface area contributed by atoms with Crippen LogP contribution in [0.1, 0.15) is 17.0 Å². The van der Waals surface area contributed by atoms with Crippen LogP contribution in [-0.2, 0) is 6.54 Å². The first kappa shape index (κ1) is 11.1. The van der Waals surface area contributed by atoms with Crippen molar-refractivity contribution in [2.24, 2.45) is 5.73 Å². The average molecular weight is 237 g/mol. The zero-order valence-electron chi connectivity index (χ0n) is 9.24. The number of rotatable bonds is 2. The lowest BCUT2D eigenvalue weighted by molar-refractivity contribution is 0.822. The van der Waals surface area contributed by atoms with Gasteiger partial charge in [0.2, 0.25) is 0 Å². The molecule has 2 heterocycles. The van der Waals surface area contributed by atoms with E-state index in [0.717, 1.165) is 22.8 Å². The van der Waals surface area contributed by atoms with E-state index in [1.165, 1.54) is 0 Å². The largest absolute Gasteiger partial charge is 0.326 e. The highest BCUT2D eigenvalue weighted by Crippen LogP contribution is 2.16. The monoisotopic (exact) mass is 236 g/mol. The molecule has 0 atom stereocenters. The highest BCUT2D eigenvalue weighted by Gasteiger charge is 2.06. The summed E-state index contributed by atoms with van der Waals surface area (Å²) in [5.41, 5.74) is 8.36. The van der Waals surface area contributed by atoms with E-state index in [9.17, 15) is 0 Å². The summed E-state index contributed by atoms with van der Waals surface area (Å²) in [6, 6.07) is 3.87. The smallest absolute Gasteiger partial charge is 0.153 e. The number of aryl methyl sites for hydroxylation is 2. The zero-order chi connectivity index (χ0) is 11.7. The van der Waals surface area contributed by atoms with Gasteiger partial charge in [-0.1, -0.05) is 11.6 Å². The molecule has 0 spiro atoms. The van der Waals surface area contributed by atoms with E-state index in [-0.39, 0.29) is 0 Å². The Labute approximate surface area is 99.1 Å². The van der Waals surface area contributed by atoms with Gasteiger partial charge in [0.1, 0.15) is 0 Å². The molecule has 0 aromatic carbocycles. The van der Waals surface area contributed by atoms with Crippen molar-refractivity contribution in [3.8, 4) is 5.82 Å².